The number of rotatable bonds is 7. The molecule has 2 aromatic rings. The summed E-state index contributed by atoms with van der Waals surface area (Å²) in [5, 5.41) is 0. The minimum absolute atomic E-state index is 0.0540. The van der Waals surface area contributed by atoms with Crippen molar-refractivity contribution in [2.45, 2.75) is 26.4 Å². The number of benzene rings is 2. The SMILES string of the molecule is CC(C)Oc1ccc(NS(=O)(=O)CCc2ccccc2F)cc1. The number of hydrogen-bond donors (Lipinski definition) is 1. The third-order valence-corrected chi connectivity index (χ3v) is 4.39. The van der Waals surface area contributed by atoms with Crippen molar-refractivity contribution in [2.24, 2.45) is 0 Å². The number of anilines is 1. The van der Waals surface area contributed by atoms with Crippen LogP contribution in [0.3, 0.4) is 0 Å². The Kier molecular flexibility index (Phi) is 5.60. The van der Waals surface area contributed by atoms with Gasteiger partial charge in [-0.05, 0) is 56.2 Å². The Hall–Kier alpha value is -2.08. The first-order valence-corrected chi connectivity index (χ1v) is 9.01. The Bertz CT molecular complexity index is 743. The number of hydrogen-bond acceptors (Lipinski definition) is 3. The Morgan fingerprint density at radius 1 is 1.09 bits per heavy atom. The molecule has 0 fully saturated rings. The summed E-state index contributed by atoms with van der Waals surface area (Å²) in [5.74, 6) is 0.102. The Labute approximate surface area is 136 Å². The molecule has 0 bridgehead atoms. The molecule has 0 unspecified atom stereocenters. The van der Waals surface area contributed by atoms with Crippen LogP contribution in [0.2, 0.25) is 0 Å². The average molecular weight is 337 g/mol. The summed E-state index contributed by atoms with van der Waals surface area (Å²) in [6, 6.07) is 12.9. The molecule has 0 heterocycles. The molecule has 0 saturated carbocycles. The first-order chi connectivity index (χ1) is 10.9. The molecule has 0 aliphatic heterocycles. The van der Waals surface area contributed by atoms with Crippen LogP contribution in [0.15, 0.2) is 48.5 Å². The summed E-state index contributed by atoms with van der Waals surface area (Å²) >= 11 is 0. The lowest BCUT2D eigenvalue weighted by atomic mass is 10.2. The minimum atomic E-state index is -3.54. The molecule has 0 saturated heterocycles. The molecule has 2 rings (SSSR count). The van der Waals surface area contributed by atoms with Crippen molar-refractivity contribution in [3.05, 3.63) is 59.9 Å². The molecular weight excluding hydrogens is 317 g/mol. The molecule has 6 heteroatoms. The Morgan fingerprint density at radius 3 is 2.35 bits per heavy atom. The minimum Gasteiger partial charge on any atom is -0.491 e. The molecule has 0 aliphatic rings. The fourth-order valence-electron chi connectivity index (χ4n) is 2.05. The summed E-state index contributed by atoms with van der Waals surface area (Å²) in [5.41, 5.74) is 0.841. The van der Waals surface area contributed by atoms with Gasteiger partial charge < -0.3 is 4.74 Å². The van der Waals surface area contributed by atoms with Crippen LogP contribution in [0.1, 0.15) is 19.4 Å². The van der Waals surface area contributed by atoms with E-state index in [1.807, 2.05) is 13.8 Å². The van der Waals surface area contributed by atoms with E-state index in [0.29, 0.717) is 17.0 Å². The predicted molar refractivity (Wildman–Crippen MR) is 89.7 cm³/mol. The average Bonchev–Trinajstić information content (AvgIpc) is 2.48. The van der Waals surface area contributed by atoms with Gasteiger partial charge in [-0.25, -0.2) is 12.8 Å². The van der Waals surface area contributed by atoms with E-state index in [2.05, 4.69) is 4.72 Å². The monoisotopic (exact) mass is 337 g/mol. The molecule has 0 atom stereocenters. The van der Waals surface area contributed by atoms with Crippen molar-refractivity contribution in [2.75, 3.05) is 10.5 Å². The van der Waals surface area contributed by atoms with Crippen LogP contribution in [0, 0.1) is 5.82 Å². The van der Waals surface area contributed by atoms with Crippen molar-refractivity contribution in [1.29, 1.82) is 0 Å². The van der Waals surface area contributed by atoms with Crippen LogP contribution >= 0.6 is 0 Å². The number of aryl methyl sites for hydroxylation is 1. The number of ether oxygens (including phenoxy) is 1. The van der Waals surface area contributed by atoms with Crippen LogP contribution < -0.4 is 9.46 Å². The summed E-state index contributed by atoms with van der Waals surface area (Å²) in [4.78, 5) is 0. The third kappa shape index (κ3) is 5.56. The maximum atomic E-state index is 13.5. The maximum absolute atomic E-state index is 13.5. The van der Waals surface area contributed by atoms with Gasteiger partial charge in [0.2, 0.25) is 10.0 Å². The van der Waals surface area contributed by atoms with Crippen LogP contribution in [-0.2, 0) is 16.4 Å². The van der Waals surface area contributed by atoms with E-state index < -0.39 is 15.8 Å². The van der Waals surface area contributed by atoms with Gasteiger partial charge in [0.15, 0.2) is 0 Å². The quantitative estimate of drug-likeness (QED) is 0.840. The molecule has 1 N–H and O–H groups in total. The van der Waals surface area contributed by atoms with E-state index in [1.54, 1.807) is 42.5 Å². The van der Waals surface area contributed by atoms with E-state index in [-0.39, 0.29) is 18.3 Å². The smallest absolute Gasteiger partial charge is 0.233 e. The predicted octanol–water partition coefficient (Wildman–Crippen LogP) is 3.60. The zero-order chi connectivity index (χ0) is 16.9. The van der Waals surface area contributed by atoms with Crippen LogP contribution in [0.25, 0.3) is 0 Å². The second-order valence-corrected chi connectivity index (χ2v) is 7.30. The van der Waals surface area contributed by atoms with E-state index in [0.717, 1.165) is 0 Å². The largest absolute Gasteiger partial charge is 0.491 e. The van der Waals surface area contributed by atoms with Crippen molar-refractivity contribution in [1.82, 2.24) is 0 Å². The molecule has 0 amide bonds. The van der Waals surface area contributed by atoms with E-state index in [9.17, 15) is 12.8 Å². The Balaban J connectivity index is 1.97. The molecular formula is C17H20FNO3S. The fourth-order valence-corrected chi connectivity index (χ4v) is 3.14. The molecule has 0 spiro atoms. The van der Waals surface area contributed by atoms with Gasteiger partial charge in [0, 0.05) is 5.69 Å². The first kappa shape index (κ1) is 17.3. The maximum Gasteiger partial charge on any atom is 0.233 e. The van der Waals surface area contributed by atoms with Gasteiger partial charge in [-0.1, -0.05) is 18.2 Å². The lowest BCUT2D eigenvalue weighted by Crippen LogP contribution is -2.18. The summed E-state index contributed by atoms with van der Waals surface area (Å²) < 4.78 is 45.7. The lowest BCUT2D eigenvalue weighted by molar-refractivity contribution is 0.242. The van der Waals surface area contributed by atoms with Gasteiger partial charge in [-0.2, -0.15) is 0 Å². The van der Waals surface area contributed by atoms with Crippen LogP contribution in [0.5, 0.6) is 5.75 Å². The second-order valence-electron chi connectivity index (χ2n) is 5.45. The Morgan fingerprint density at radius 2 is 1.74 bits per heavy atom. The molecule has 124 valence electrons. The molecule has 0 radical (unpaired) electrons. The molecule has 23 heavy (non-hydrogen) atoms. The third-order valence-electron chi connectivity index (χ3n) is 3.10. The fraction of sp³-hybridized carbons (Fsp3) is 0.294. The number of sulfonamides is 1. The van der Waals surface area contributed by atoms with E-state index in [1.165, 1.54) is 6.07 Å². The normalized spacial score (nSPS) is 11.5. The van der Waals surface area contributed by atoms with Gasteiger partial charge in [0.25, 0.3) is 0 Å². The zero-order valence-corrected chi connectivity index (χ0v) is 13.9. The molecule has 4 nitrogen and oxygen atoms in total. The van der Waals surface area contributed by atoms with Crippen LogP contribution in [-0.4, -0.2) is 20.3 Å². The zero-order valence-electron chi connectivity index (χ0n) is 13.1. The molecule has 2 aromatic carbocycles. The van der Waals surface area contributed by atoms with Crippen molar-refractivity contribution in [3.8, 4) is 5.75 Å². The lowest BCUT2D eigenvalue weighted by Gasteiger charge is -2.11. The number of nitrogens with one attached hydrogen (secondary N) is 1. The van der Waals surface area contributed by atoms with Crippen molar-refractivity contribution >= 4 is 15.7 Å². The highest BCUT2D eigenvalue weighted by Crippen LogP contribution is 2.18. The van der Waals surface area contributed by atoms with Gasteiger partial charge in [0.05, 0.1) is 11.9 Å². The standard InChI is InChI=1S/C17H20FNO3S/c1-13(2)22-16-9-7-15(8-10-16)19-23(20,21)12-11-14-5-3-4-6-17(14)18/h3-10,13,19H,11-12H2,1-2H3. The molecule has 0 aromatic heterocycles. The van der Waals surface area contributed by atoms with E-state index >= 15 is 0 Å². The summed E-state index contributed by atoms with van der Waals surface area (Å²) in [6.07, 6.45) is 0.176. The van der Waals surface area contributed by atoms with E-state index in [4.69, 9.17) is 4.74 Å². The molecule has 0 aliphatic carbocycles. The first-order valence-electron chi connectivity index (χ1n) is 7.36. The van der Waals surface area contributed by atoms with Crippen molar-refractivity contribution in [3.63, 3.8) is 0 Å². The number of halogens is 1. The highest BCUT2D eigenvalue weighted by atomic mass is 32.2. The highest BCUT2D eigenvalue weighted by molar-refractivity contribution is 7.92. The summed E-state index contributed by atoms with van der Waals surface area (Å²) in [6.45, 7) is 3.83. The summed E-state index contributed by atoms with van der Waals surface area (Å²) in [7, 11) is -3.54. The highest BCUT2D eigenvalue weighted by Gasteiger charge is 2.12. The van der Waals surface area contributed by atoms with Crippen LogP contribution in [0.4, 0.5) is 10.1 Å². The second kappa shape index (κ2) is 7.46. The van der Waals surface area contributed by atoms with Gasteiger partial charge in [-0.3, -0.25) is 4.72 Å². The van der Waals surface area contributed by atoms with Gasteiger partial charge in [0.1, 0.15) is 11.6 Å². The van der Waals surface area contributed by atoms with Gasteiger partial charge in [-0.15, -0.1) is 0 Å². The van der Waals surface area contributed by atoms with Crippen molar-refractivity contribution < 1.29 is 17.5 Å². The van der Waals surface area contributed by atoms with Gasteiger partial charge >= 0.3 is 0 Å². The topological polar surface area (TPSA) is 55.4 Å².